The minimum Gasteiger partial charge on any atom is -0.394 e. The molecule has 9 heteroatoms. The zero-order valence-electron chi connectivity index (χ0n) is 9.34. The fraction of sp³-hybridized carbons (Fsp3) is 0.556. The molecule has 0 unspecified atom stereocenters. The Labute approximate surface area is 105 Å². The smallest absolute Gasteiger partial charge is 0.331 e. The topological polar surface area (TPSA) is 105 Å². The van der Waals surface area contributed by atoms with Crippen molar-refractivity contribution in [1.29, 1.82) is 0 Å². The van der Waals surface area contributed by atoms with Crippen LogP contribution in [-0.2, 0) is 9.99 Å². The van der Waals surface area contributed by atoms with E-state index in [9.17, 15) is 19.1 Å². The molecular weight excluding hydrogens is 271 g/mol. The Hall–Kier alpha value is -1.22. The Kier molecular flexibility index (Phi) is 4.63. The lowest BCUT2D eigenvalue weighted by atomic mass is 10.2. The molecule has 7 nitrogen and oxygen atoms in total. The maximum absolute atomic E-state index is 14.2. The van der Waals surface area contributed by atoms with E-state index in [1.165, 1.54) is 0 Å². The van der Waals surface area contributed by atoms with E-state index in [1.807, 2.05) is 0 Å². The molecule has 0 aliphatic heterocycles. The van der Waals surface area contributed by atoms with Crippen molar-refractivity contribution in [3.63, 3.8) is 0 Å². The van der Waals surface area contributed by atoms with Crippen LogP contribution in [0.3, 0.4) is 0 Å². The van der Waals surface area contributed by atoms with Gasteiger partial charge in [0.2, 0.25) is 0 Å². The number of H-pyrrole nitrogens is 1. The molecule has 0 radical (unpaired) electrons. The maximum atomic E-state index is 14.2. The van der Waals surface area contributed by atoms with Crippen LogP contribution < -0.4 is 11.2 Å². The van der Waals surface area contributed by atoms with Gasteiger partial charge in [0.25, 0.3) is 10.8 Å². The number of halogens is 2. The molecular formula is C9H12ClFN2O5. The molecule has 0 aromatic carbocycles. The molecule has 0 aliphatic carbocycles. The van der Waals surface area contributed by atoms with E-state index in [2.05, 4.69) is 4.74 Å². The monoisotopic (exact) mass is 282 g/mol. The first-order valence-electron chi connectivity index (χ1n) is 4.86. The van der Waals surface area contributed by atoms with E-state index in [-0.39, 0.29) is 0 Å². The van der Waals surface area contributed by atoms with Crippen molar-refractivity contribution in [2.24, 2.45) is 0 Å². The number of hydrogen-bond donors (Lipinski definition) is 3. The standard InChI is InChI=1S/C9H12ClFN2O5/c1-18-5(4-14)7(16)9(10,11)13-3-2-6(15)12-8(13)17/h2-3,5,7,14,16H,4H2,1H3,(H,12,15,17)/t5-,7-,9-/m1/s1. The Morgan fingerprint density at radius 3 is 2.72 bits per heavy atom. The van der Waals surface area contributed by atoms with E-state index in [4.69, 9.17) is 16.7 Å². The lowest BCUT2D eigenvalue weighted by Crippen LogP contribution is -2.50. The molecule has 18 heavy (non-hydrogen) atoms. The van der Waals surface area contributed by atoms with Gasteiger partial charge in [-0.3, -0.25) is 14.3 Å². The lowest BCUT2D eigenvalue weighted by molar-refractivity contribution is -0.109. The normalized spacial score (nSPS) is 18.1. The lowest BCUT2D eigenvalue weighted by Gasteiger charge is -2.29. The predicted octanol–water partition coefficient (Wildman–Crippen LogP) is -1.28. The van der Waals surface area contributed by atoms with Crippen LogP contribution in [0, 0.1) is 0 Å². The van der Waals surface area contributed by atoms with Crippen molar-refractivity contribution >= 4 is 11.6 Å². The van der Waals surface area contributed by atoms with Crippen molar-refractivity contribution in [2.45, 2.75) is 17.5 Å². The van der Waals surface area contributed by atoms with Gasteiger partial charge in [-0.25, -0.2) is 4.79 Å². The third kappa shape index (κ3) is 2.78. The number of ether oxygens (including phenoxy) is 1. The predicted molar refractivity (Wildman–Crippen MR) is 60.1 cm³/mol. The summed E-state index contributed by atoms with van der Waals surface area (Å²) in [5, 5.41) is 15.4. The minimum atomic E-state index is -3.06. The number of methoxy groups -OCH3 is 1. The molecule has 3 atom stereocenters. The number of nitrogens with zero attached hydrogens (tertiary/aromatic N) is 1. The highest BCUT2D eigenvalue weighted by molar-refractivity contribution is 6.21. The second kappa shape index (κ2) is 5.61. The van der Waals surface area contributed by atoms with E-state index in [0.717, 1.165) is 19.4 Å². The number of aromatic amines is 1. The first kappa shape index (κ1) is 14.8. The van der Waals surface area contributed by atoms with Gasteiger partial charge in [0.1, 0.15) is 6.10 Å². The van der Waals surface area contributed by atoms with E-state index >= 15 is 0 Å². The molecule has 0 bridgehead atoms. The summed E-state index contributed by atoms with van der Waals surface area (Å²) in [5.41, 5.74) is -1.87. The number of aromatic nitrogens is 2. The number of aliphatic hydroxyl groups excluding tert-OH is 2. The second-order valence-corrected chi connectivity index (χ2v) is 4.00. The zero-order chi connectivity index (χ0) is 13.9. The third-order valence-corrected chi connectivity index (χ3v) is 2.74. The van der Waals surface area contributed by atoms with Crippen molar-refractivity contribution < 1.29 is 19.3 Å². The number of nitrogens with one attached hydrogen (secondary N) is 1. The molecule has 0 saturated carbocycles. The van der Waals surface area contributed by atoms with Crippen molar-refractivity contribution in [3.8, 4) is 0 Å². The molecule has 0 spiro atoms. The average molecular weight is 283 g/mol. The van der Waals surface area contributed by atoms with Crippen molar-refractivity contribution in [1.82, 2.24) is 9.55 Å². The zero-order valence-corrected chi connectivity index (χ0v) is 10.1. The largest absolute Gasteiger partial charge is 0.394 e. The number of rotatable bonds is 5. The van der Waals surface area contributed by atoms with Gasteiger partial charge in [0.05, 0.1) is 6.61 Å². The molecule has 1 aromatic heterocycles. The summed E-state index contributed by atoms with van der Waals surface area (Å²) in [7, 11) is 1.13. The van der Waals surface area contributed by atoms with Crippen molar-refractivity contribution in [2.75, 3.05) is 13.7 Å². The summed E-state index contributed by atoms with van der Waals surface area (Å²) in [5.74, 6) is 0. The molecule has 0 amide bonds. The molecule has 1 heterocycles. The third-order valence-electron chi connectivity index (χ3n) is 2.34. The van der Waals surface area contributed by atoms with Gasteiger partial charge < -0.3 is 14.9 Å². The summed E-state index contributed by atoms with van der Waals surface area (Å²) in [6.07, 6.45) is -2.55. The number of alkyl halides is 2. The second-order valence-electron chi connectivity index (χ2n) is 3.47. The highest BCUT2D eigenvalue weighted by Gasteiger charge is 2.43. The number of aliphatic hydroxyl groups is 2. The van der Waals surface area contributed by atoms with Gasteiger partial charge >= 0.3 is 5.69 Å². The highest BCUT2D eigenvalue weighted by Crippen LogP contribution is 2.29. The van der Waals surface area contributed by atoms with Gasteiger partial charge in [0, 0.05) is 19.4 Å². The fourth-order valence-electron chi connectivity index (χ4n) is 1.32. The van der Waals surface area contributed by atoms with Crippen LogP contribution >= 0.6 is 11.6 Å². The van der Waals surface area contributed by atoms with E-state index in [0.29, 0.717) is 4.57 Å². The molecule has 1 rings (SSSR count). The quantitative estimate of drug-likeness (QED) is 0.584. The summed E-state index contributed by atoms with van der Waals surface area (Å²) in [4.78, 5) is 24.0. The summed E-state index contributed by atoms with van der Waals surface area (Å²) < 4.78 is 19.1. The van der Waals surface area contributed by atoms with Crippen molar-refractivity contribution in [3.05, 3.63) is 33.1 Å². The van der Waals surface area contributed by atoms with Gasteiger partial charge in [-0.15, -0.1) is 0 Å². The first-order valence-corrected chi connectivity index (χ1v) is 5.24. The molecule has 3 N–H and O–H groups in total. The minimum absolute atomic E-state index is 0.294. The van der Waals surface area contributed by atoms with Crippen LogP contribution in [-0.4, -0.2) is 45.7 Å². The van der Waals surface area contributed by atoms with E-state index in [1.54, 1.807) is 4.98 Å². The molecule has 1 aromatic rings. The van der Waals surface area contributed by atoms with Gasteiger partial charge in [0.15, 0.2) is 6.10 Å². The van der Waals surface area contributed by atoms with Crippen LogP contribution in [0.1, 0.15) is 0 Å². The molecule has 102 valence electrons. The fourth-order valence-corrected chi connectivity index (χ4v) is 1.60. The Morgan fingerprint density at radius 2 is 2.28 bits per heavy atom. The first-order chi connectivity index (χ1) is 8.34. The molecule has 0 saturated heterocycles. The summed E-state index contributed by atoms with van der Waals surface area (Å²) in [6, 6.07) is 0.867. The Balaban J connectivity index is 3.19. The summed E-state index contributed by atoms with van der Waals surface area (Å²) in [6.45, 7) is -0.700. The Morgan fingerprint density at radius 1 is 1.67 bits per heavy atom. The van der Waals surface area contributed by atoms with Crippen LogP contribution in [0.2, 0.25) is 0 Å². The van der Waals surface area contributed by atoms with Crippen LogP contribution in [0.25, 0.3) is 0 Å². The molecule has 0 fully saturated rings. The maximum Gasteiger partial charge on any atom is 0.331 e. The highest BCUT2D eigenvalue weighted by atomic mass is 35.5. The van der Waals surface area contributed by atoms with Gasteiger partial charge in [-0.2, -0.15) is 4.39 Å². The number of hydrogen-bond acceptors (Lipinski definition) is 5. The Bertz CT molecular complexity index is 510. The SMILES string of the molecule is CO[C@H](CO)[C@@H](O)[C@](F)(Cl)n1ccc(=O)[nH]c1=O. The van der Waals surface area contributed by atoms with Crippen LogP contribution in [0.15, 0.2) is 21.9 Å². The summed E-state index contributed by atoms with van der Waals surface area (Å²) >= 11 is 5.46. The van der Waals surface area contributed by atoms with Gasteiger partial charge in [-0.1, -0.05) is 11.6 Å². The van der Waals surface area contributed by atoms with Gasteiger partial charge in [-0.05, 0) is 0 Å². The van der Waals surface area contributed by atoms with Crippen LogP contribution in [0.4, 0.5) is 4.39 Å². The van der Waals surface area contributed by atoms with Crippen LogP contribution in [0.5, 0.6) is 0 Å². The average Bonchev–Trinajstić information content (AvgIpc) is 2.29. The molecule has 0 aliphatic rings. The van der Waals surface area contributed by atoms with E-state index < -0.39 is 35.3 Å².